The number of carbonyl (C=O) groups excluding carboxylic acids is 1. The summed E-state index contributed by atoms with van der Waals surface area (Å²) in [5.74, 6) is 0.0490. The first-order valence-electron chi connectivity index (χ1n) is 8.56. The quantitative estimate of drug-likeness (QED) is 0.644. The van der Waals surface area contributed by atoms with Crippen LogP contribution in [0, 0.1) is 0 Å². The van der Waals surface area contributed by atoms with Gasteiger partial charge in [0.05, 0.1) is 16.5 Å². The van der Waals surface area contributed by atoms with Crippen molar-refractivity contribution in [1.29, 1.82) is 0 Å². The second kappa shape index (κ2) is 8.91. The number of sulfone groups is 1. The van der Waals surface area contributed by atoms with Gasteiger partial charge >= 0.3 is 0 Å². The first kappa shape index (κ1) is 21.2. The number of benzene rings is 2. The van der Waals surface area contributed by atoms with Gasteiger partial charge < -0.3 is 9.64 Å². The van der Waals surface area contributed by atoms with Crippen molar-refractivity contribution in [3.63, 3.8) is 0 Å². The SMILES string of the molecule is O=C(COc1ccc(Cl)cc1Cl)N(Cc1ccc(Cl)cc1)C1CCS(=O)(=O)C1. The normalized spacial score (nSPS) is 18.0. The Balaban J connectivity index is 1.75. The van der Waals surface area contributed by atoms with Gasteiger partial charge in [0.15, 0.2) is 16.4 Å². The van der Waals surface area contributed by atoms with E-state index in [1.54, 1.807) is 29.2 Å². The summed E-state index contributed by atoms with van der Waals surface area (Å²) in [5.41, 5.74) is 0.853. The fourth-order valence-electron chi connectivity index (χ4n) is 3.04. The monoisotopic (exact) mass is 461 g/mol. The van der Waals surface area contributed by atoms with Crippen LogP contribution in [0.4, 0.5) is 0 Å². The summed E-state index contributed by atoms with van der Waals surface area (Å²) < 4.78 is 29.4. The van der Waals surface area contributed by atoms with E-state index < -0.39 is 15.9 Å². The van der Waals surface area contributed by atoms with Gasteiger partial charge in [-0.05, 0) is 42.3 Å². The van der Waals surface area contributed by atoms with Crippen LogP contribution in [0.3, 0.4) is 0 Å². The minimum absolute atomic E-state index is 0.0476. The van der Waals surface area contributed by atoms with Crippen LogP contribution < -0.4 is 4.74 Å². The molecule has 1 aliphatic rings. The smallest absolute Gasteiger partial charge is 0.261 e. The van der Waals surface area contributed by atoms with E-state index in [9.17, 15) is 13.2 Å². The lowest BCUT2D eigenvalue weighted by molar-refractivity contribution is -0.136. The number of nitrogens with zero attached hydrogens (tertiary/aromatic N) is 1. The van der Waals surface area contributed by atoms with Crippen LogP contribution in [-0.4, -0.2) is 43.4 Å². The molecule has 1 amide bonds. The molecular formula is C19H18Cl3NO4S. The Bertz CT molecular complexity index is 964. The number of rotatable bonds is 6. The highest BCUT2D eigenvalue weighted by atomic mass is 35.5. The second-order valence-electron chi connectivity index (χ2n) is 6.57. The molecule has 3 rings (SSSR count). The first-order valence-corrected chi connectivity index (χ1v) is 11.5. The van der Waals surface area contributed by atoms with E-state index in [1.165, 1.54) is 6.07 Å². The number of amides is 1. The molecule has 0 aliphatic carbocycles. The predicted octanol–water partition coefficient (Wildman–Crippen LogP) is 4.24. The Labute approximate surface area is 179 Å². The molecule has 9 heteroatoms. The molecule has 150 valence electrons. The maximum absolute atomic E-state index is 12.9. The lowest BCUT2D eigenvalue weighted by Crippen LogP contribution is -2.43. The minimum atomic E-state index is -3.14. The number of ether oxygens (including phenoxy) is 1. The zero-order valence-electron chi connectivity index (χ0n) is 14.8. The largest absolute Gasteiger partial charge is 0.482 e. The average molecular weight is 463 g/mol. The summed E-state index contributed by atoms with van der Waals surface area (Å²) in [6, 6.07) is 11.4. The van der Waals surface area contributed by atoms with E-state index in [0.29, 0.717) is 27.2 Å². The van der Waals surface area contributed by atoms with Gasteiger partial charge in [0, 0.05) is 22.6 Å². The van der Waals surface area contributed by atoms with Crippen molar-refractivity contribution in [2.75, 3.05) is 18.1 Å². The Morgan fingerprint density at radius 3 is 2.36 bits per heavy atom. The van der Waals surface area contributed by atoms with Crippen LogP contribution in [0.1, 0.15) is 12.0 Å². The summed E-state index contributed by atoms with van der Waals surface area (Å²) in [6.45, 7) is 0.0133. The van der Waals surface area contributed by atoms with Crippen molar-refractivity contribution < 1.29 is 17.9 Å². The van der Waals surface area contributed by atoms with Crippen molar-refractivity contribution in [2.45, 2.75) is 19.0 Å². The van der Waals surface area contributed by atoms with E-state index in [0.717, 1.165) is 5.56 Å². The fraction of sp³-hybridized carbons (Fsp3) is 0.316. The van der Waals surface area contributed by atoms with Crippen LogP contribution in [0.25, 0.3) is 0 Å². The van der Waals surface area contributed by atoms with Gasteiger partial charge in [-0.3, -0.25) is 4.79 Å². The lowest BCUT2D eigenvalue weighted by atomic mass is 10.1. The van der Waals surface area contributed by atoms with Crippen molar-refractivity contribution in [3.8, 4) is 5.75 Å². The van der Waals surface area contributed by atoms with E-state index in [1.807, 2.05) is 12.1 Å². The highest BCUT2D eigenvalue weighted by Crippen LogP contribution is 2.28. The molecule has 0 N–H and O–H groups in total. The maximum atomic E-state index is 12.9. The Kier molecular flexibility index (Phi) is 6.76. The molecule has 1 unspecified atom stereocenters. The van der Waals surface area contributed by atoms with Gasteiger partial charge in [0.1, 0.15) is 5.75 Å². The molecule has 0 radical (unpaired) electrons. The zero-order valence-corrected chi connectivity index (χ0v) is 17.9. The third-order valence-electron chi connectivity index (χ3n) is 4.48. The van der Waals surface area contributed by atoms with Crippen LogP contribution in [0.5, 0.6) is 5.75 Å². The van der Waals surface area contributed by atoms with Crippen molar-refractivity contribution in [3.05, 3.63) is 63.1 Å². The van der Waals surface area contributed by atoms with Crippen LogP contribution in [0.2, 0.25) is 15.1 Å². The summed E-state index contributed by atoms with van der Waals surface area (Å²) in [4.78, 5) is 14.4. The summed E-state index contributed by atoms with van der Waals surface area (Å²) in [7, 11) is -3.14. The van der Waals surface area contributed by atoms with Crippen molar-refractivity contribution >= 4 is 50.5 Å². The Hall–Kier alpha value is -1.47. The van der Waals surface area contributed by atoms with Gasteiger partial charge in [-0.1, -0.05) is 46.9 Å². The van der Waals surface area contributed by atoms with Gasteiger partial charge in [-0.2, -0.15) is 0 Å². The molecule has 0 saturated carbocycles. The molecule has 5 nitrogen and oxygen atoms in total. The molecule has 28 heavy (non-hydrogen) atoms. The first-order chi connectivity index (χ1) is 13.2. The molecule has 1 saturated heterocycles. The molecule has 1 atom stereocenters. The highest BCUT2D eigenvalue weighted by Gasteiger charge is 2.34. The third-order valence-corrected chi connectivity index (χ3v) is 7.01. The van der Waals surface area contributed by atoms with Crippen molar-refractivity contribution in [1.82, 2.24) is 4.90 Å². The average Bonchev–Trinajstić information content (AvgIpc) is 2.99. The topological polar surface area (TPSA) is 63.7 Å². The summed E-state index contributed by atoms with van der Waals surface area (Å²) in [5, 5.41) is 1.35. The van der Waals surface area contributed by atoms with Gasteiger partial charge in [0.2, 0.25) is 0 Å². The molecule has 0 spiro atoms. The number of hydrogen-bond acceptors (Lipinski definition) is 4. The van der Waals surface area contributed by atoms with Crippen LogP contribution in [0.15, 0.2) is 42.5 Å². The summed E-state index contributed by atoms with van der Waals surface area (Å²) in [6.07, 6.45) is 0.406. The predicted molar refractivity (Wildman–Crippen MR) is 111 cm³/mol. The third kappa shape index (κ3) is 5.54. The molecule has 0 aromatic heterocycles. The van der Waals surface area contributed by atoms with Crippen LogP contribution in [-0.2, 0) is 21.2 Å². The molecule has 0 bridgehead atoms. The minimum Gasteiger partial charge on any atom is -0.482 e. The Morgan fingerprint density at radius 1 is 1.07 bits per heavy atom. The molecule has 1 aliphatic heterocycles. The van der Waals surface area contributed by atoms with E-state index in [-0.39, 0.29) is 30.6 Å². The van der Waals surface area contributed by atoms with Crippen LogP contribution >= 0.6 is 34.8 Å². The molecular weight excluding hydrogens is 445 g/mol. The Morgan fingerprint density at radius 2 is 1.75 bits per heavy atom. The highest BCUT2D eigenvalue weighted by molar-refractivity contribution is 7.91. The number of hydrogen-bond donors (Lipinski definition) is 0. The maximum Gasteiger partial charge on any atom is 0.261 e. The molecule has 2 aromatic rings. The van der Waals surface area contributed by atoms with E-state index >= 15 is 0 Å². The van der Waals surface area contributed by atoms with Crippen molar-refractivity contribution in [2.24, 2.45) is 0 Å². The summed E-state index contributed by atoms with van der Waals surface area (Å²) >= 11 is 17.9. The number of halogens is 3. The zero-order chi connectivity index (χ0) is 20.3. The van der Waals surface area contributed by atoms with E-state index in [4.69, 9.17) is 39.5 Å². The molecule has 1 heterocycles. The number of carbonyl (C=O) groups is 1. The lowest BCUT2D eigenvalue weighted by Gasteiger charge is -2.28. The fourth-order valence-corrected chi connectivity index (χ4v) is 5.36. The molecule has 1 fully saturated rings. The van der Waals surface area contributed by atoms with Gasteiger partial charge in [0.25, 0.3) is 5.91 Å². The molecule has 2 aromatic carbocycles. The van der Waals surface area contributed by atoms with Gasteiger partial charge in [-0.25, -0.2) is 8.42 Å². The van der Waals surface area contributed by atoms with E-state index in [2.05, 4.69) is 0 Å². The van der Waals surface area contributed by atoms with Gasteiger partial charge in [-0.15, -0.1) is 0 Å². The standard InChI is InChI=1S/C19H18Cl3NO4S/c20-14-3-1-13(2-4-14)10-23(16-7-8-28(25,26)12-16)19(24)11-27-18-6-5-15(21)9-17(18)22/h1-6,9,16H,7-8,10-12H2. The second-order valence-corrected chi connectivity index (χ2v) is 10.1.